The monoisotopic (exact) mass is 451 g/mol. The van der Waals surface area contributed by atoms with E-state index < -0.39 is 0 Å². The fourth-order valence-electron chi connectivity index (χ4n) is 4.06. The van der Waals surface area contributed by atoms with E-state index in [0.717, 1.165) is 48.7 Å². The highest BCUT2D eigenvalue weighted by molar-refractivity contribution is 8.00. The highest BCUT2D eigenvalue weighted by atomic mass is 32.2. The van der Waals surface area contributed by atoms with Crippen molar-refractivity contribution in [3.8, 4) is 6.07 Å². The number of carbonyl (C=O) groups excluding carboxylic acids is 1. The molecule has 1 aromatic heterocycles. The fraction of sp³-hybridized carbons (Fsp3) is 0.458. The van der Waals surface area contributed by atoms with Gasteiger partial charge in [-0.05, 0) is 25.0 Å². The Kier molecular flexibility index (Phi) is 6.99. The summed E-state index contributed by atoms with van der Waals surface area (Å²) in [5.41, 5.74) is 3.32. The second kappa shape index (κ2) is 9.90. The number of thioether (sulfide) groups is 1. The van der Waals surface area contributed by atoms with E-state index in [1.165, 1.54) is 11.8 Å². The zero-order chi connectivity index (χ0) is 22.6. The molecule has 3 heterocycles. The molecule has 0 aliphatic carbocycles. The van der Waals surface area contributed by atoms with Gasteiger partial charge in [0.15, 0.2) is 0 Å². The minimum atomic E-state index is -0.338. The first-order chi connectivity index (χ1) is 15.5. The summed E-state index contributed by atoms with van der Waals surface area (Å²) in [7, 11) is 0. The Bertz CT molecular complexity index is 1010. The summed E-state index contributed by atoms with van der Waals surface area (Å²) in [5, 5.41) is 16.9. The summed E-state index contributed by atoms with van der Waals surface area (Å²) in [5.74, 6) is 1.03. The number of anilines is 1. The maximum Gasteiger partial charge on any atom is 0.230 e. The third-order valence-corrected chi connectivity index (χ3v) is 6.74. The summed E-state index contributed by atoms with van der Waals surface area (Å²) in [6, 6.07) is 12.2. The summed E-state index contributed by atoms with van der Waals surface area (Å²) < 4.78 is 6.07. The van der Waals surface area contributed by atoms with Crippen LogP contribution < -0.4 is 15.5 Å². The molecule has 4 rings (SSSR count). The Morgan fingerprint density at radius 1 is 1.28 bits per heavy atom. The van der Waals surface area contributed by atoms with Gasteiger partial charge in [0.1, 0.15) is 16.9 Å². The highest BCUT2D eigenvalue weighted by Crippen LogP contribution is 2.38. The zero-order valence-electron chi connectivity index (χ0n) is 18.6. The average molecular weight is 452 g/mol. The molecule has 32 heavy (non-hydrogen) atoms. The van der Waals surface area contributed by atoms with Gasteiger partial charge in [0.05, 0.1) is 23.5 Å². The molecule has 1 amide bonds. The van der Waals surface area contributed by atoms with E-state index >= 15 is 0 Å². The lowest BCUT2D eigenvalue weighted by Crippen LogP contribution is -2.45. The van der Waals surface area contributed by atoms with Crippen molar-refractivity contribution in [3.05, 3.63) is 52.6 Å². The number of amides is 1. The summed E-state index contributed by atoms with van der Waals surface area (Å²) in [6.45, 7) is 8.54. The number of aromatic nitrogens is 1. The van der Waals surface area contributed by atoms with Gasteiger partial charge in [-0.1, -0.05) is 42.1 Å². The number of hydrogen-bond donors (Lipinski definition) is 2. The number of ether oxygens (including phenoxy) is 1. The standard InChI is InChI=1S/C24H29N5O2S/c1-24(2)12-18-19(13-25)23(32-16-21(30)27-14-17-6-4-3-5-7-17)28-22(20(18)15-31-24)29-10-8-26-9-11-29/h3-7,26H,8-12,14-16H2,1-2H3,(H,27,30). The Morgan fingerprint density at radius 2 is 2.03 bits per heavy atom. The van der Waals surface area contributed by atoms with Crippen molar-refractivity contribution in [1.29, 1.82) is 5.26 Å². The van der Waals surface area contributed by atoms with Gasteiger partial charge in [-0.15, -0.1) is 0 Å². The number of rotatable bonds is 6. The normalized spacial score (nSPS) is 17.3. The van der Waals surface area contributed by atoms with Crippen LogP contribution in [0.1, 0.15) is 36.1 Å². The van der Waals surface area contributed by atoms with Gasteiger partial charge in [-0.25, -0.2) is 4.98 Å². The third-order valence-electron chi connectivity index (χ3n) is 5.77. The van der Waals surface area contributed by atoms with E-state index in [-0.39, 0.29) is 17.3 Å². The first kappa shape index (κ1) is 22.6. The molecule has 2 aliphatic rings. The van der Waals surface area contributed by atoms with Gasteiger partial charge in [0.2, 0.25) is 5.91 Å². The molecule has 2 N–H and O–H groups in total. The van der Waals surface area contributed by atoms with E-state index in [0.29, 0.717) is 30.2 Å². The second-order valence-electron chi connectivity index (χ2n) is 8.70. The molecule has 8 heteroatoms. The van der Waals surface area contributed by atoms with Gasteiger partial charge in [0, 0.05) is 44.7 Å². The molecule has 168 valence electrons. The number of pyridine rings is 1. The van der Waals surface area contributed by atoms with E-state index in [9.17, 15) is 10.1 Å². The van der Waals surface area contributed by atoms with Gasteiger partial charge in [0.25, 0.3) is 0 Å². The molecule has 2 aromatic rings. The number of nitrogens with zero attached hydrogens (tertiary/aromatic N) is 3. The van der Waals surface area contributed by atoms with Gasteiger partial charge >= 0.3 is 0 Å². The van der Waals surface area contributed by atoms with Crippen molar-refractivity contribution >= 4 is 23.5 Å². The van der Waals surface area contributed by atoms with Crippen LogP contribution in [0.4, 0.5) is 5.82 Å². The lowest BCUT2D eigenvalue weighted by molar-refractivity contribution is -0.118. The largest absolute Gasteiger partial charge is 0.370 e. The van der Waals surface area contributed by atoms with Crippen molar-refractivity contribution in [2.75, 3.05) is 36.8 Å². The predicted octanol–water partition coefficient (Wildman–Crippen LogP) is 2.62. The van der Waals surface area contributed by atoms with E-state index in [1.807, 2.05) is 44.2 Å². The van der Waals surface area contributed by atoms with Crippen LogP contribution in [0, 0.1) is 11.3 Å². The van der Waals surface area contributed by atoms with Crippen molar-refractivity contribution in [1.82, 2.24) is 15.6 Å². The molecule has 0 bridgehead atoms. The topological polar surface area (TPSA) is 90.3 Å². The van der Waals surface area contributed by atoms with Crippen molar-refractivity contribution in [2.45, 2.75) is 44.0 Å². The second-order valence-corrected chi connectivity index (χ2v) is 9.66. The summed E-state index contributed by atoms with van der Waals surface area (Å²) in [4.78, 5) is 19.6. The van der Waals surface area contributed by atoms with Crippen LogP contribution in [0.5, 0.6) is 0 Å². The van der Waals surface area contributed by atoms with Crippen molar-refractivity contribution in [3.63, 3.8) is 0 Å². The number of hydrogen-bond acceptors (Lipinski definition) is 7. The maximum absolute atomic E-state index is 12.5. The Hall–Kier alpha value is -2.60. The molecular formula is C24H29N5O2S. The Morgan fingerprint density at radius 3 is 2.75 bits per heavy atom. The molecular weight excluding hydrogens is 422 g/mol. The minimum Gasteiger partial charge on any atom is -0.370 e. The van der Waals surface area contributed by atoms with Crippen LogP contribution in [0.2, 0.25) is 0 Å². The molecule has 0 unspecified atom stereocenters. The van der Waals surface area contributed by atoms with Crippen molar-refractivity contribution in [2.24, 2.45) is 0 Å². The smallest absolute Gasteiger partial charge is 0.230 e. The van der Waals surface area contributed by atoms with Crippen LogP contribution >= 0.6 is 11.8 Å². The molecule has 2 aliphatic heterocycles. The molecule has 7 nitrogen and oxygen atoms in total. The average Bonchev–Trinajstić information content (AvgIpc) is 2.81. The van der Waals surface area contributed by atoms with Crippen LogP contribution in [-0.4, -0.2) is 48.4 Å². The quantitative estimate of drug-likeness (QED) is 0.653. The van der Waals surface area contributed by atoms with Crippen molar-refractivity contribution < 1.29 is 9.53 Å². The molecule has 1 saturated heterocycles. The number of nitriles is 1. The summed E-state index contributed by atoms with van der Waals surface area (Å²) in [6.07, 6.45) is 0.653. The number of nitrogens with one attached hydrogen (secondary N) is 2. The van der Waals surface area contributed by atoms with E-state index in [2.05, 4.69) is 21.6 Å². The SMILES string of the molecule is CC1(C)Cc2c(C#N)c(SCC(=O)NCc3ccccc3)nc(N3CCNCC3)c2CO1. The molecule has 0 spiro atoms. The Labute approximate surface area is 193 Å². The number of piperazine rings is 1. The maximum atomic E-state index is 12.5. The molecule has 1 fully saturated rings. The van der Waals surface area contributed by atoms with Gasteiger partial charge in [-0.2, -0.15) is 5.26 Å². The number of carbonyl (C=O) groups is 1. The molecule has 0 atom stereocenters. The summed E-state index contributed by atoms with van der Waals surface area (Å²) >= 11 is 1.34. The number of fused-ring (bicyclic) bond motifs is 1. The fourth-order valence-corrected chi connectivity index (χ4v) is 4.90. The van der Waals surface area contributed by atoms with Crippen LogP contribution in [-0.2, 0) is 29.1 Å². The zero-order valence-corrected chi connectivity index (χ0v) is 19.4. The van der Waals surface area contributed by atoms with Crippen LogP contribution in [0.15, 0.2) is 35.4 Å². The predicted molar refractivity (Wildman–Crippen MR) is 126 cm³/mol. The lowest BCUT2D eigenvalue weighted by Gasteiger charge is -2.37. The van der Waals surface area contributed by atoms with Gasteiger partial charge < -0.3 is 20.3 Å². The molecule has 1 aromatic carbocycles. The first-order valence-electron chi connectivity index (χ1n) is 11.0. The highest BCUT2D eigenvalue weighted by Gasteiger charge is 2.33. The lowest BCUT2D eigenvalue weighted by atomic mass is 9.89. The van der Waals surface area contributed by atoms with E-state index in [1.54, 1.807) is 0 Å². The minimum absolute atomic E-state index is 0.0744. The Balaban J connectivity index is 1.56. The van der Waals surface area contributed by atoms with Gasteiger partial charge in [-0.3, -0.25) is 4.79 Å². The number of benzene rings is 1. The molecule has 0 saturated carbocycles. The first-order valence-corrected chi connectivity index (χ1v) is 11.9. The molecule has 0 radical (unpaired) electrons. The van der Waals surface area contributed by atoms with E-state index in [4.69, 9.17) is 9.72 Å². The van der Waals surface area contributed by atoms with Crippen LogP contribution in [0.3, 0.4) is 0 Å². The van der Waals surface area contributed by atoms with Crippen LogP contribution in [0.25, 0.3) is 0 Å². The third kappa shape index (κ3) is 5.23.